The summed E-state index contributed by atoms with van der Waals surface area (Å²) >= 11 is -0.958. The summed E-state index contributed by atoms with van der Waals surface area (Å²) in [7, 11) is 0. The highest BCUT2D eigenvalue weighted by molar-refractivity contribution is 7.81. The number of hydrogen-bond donors (Lipinski definition) is 2. The molecule has 2 heterocycles. The van der Waals surface area contributed by atoms with E-state index < -0.39 is 17.3 Å². The monoisotopic (exact) mass is 284 g/mol. The SMILES string of the molecule is CCC1=CC(c2ccc(S(=O)[O-])s2)=C(C)NC1O. The third-order valence-corrected chi connectivity index (χ3v) is 4.89. The van der Waals surface area contributed by atoms with E-state index >= 15 is 0 Å². The van der Waals surface area contributed by atoms with Crippen molar-refractivity contribution in [1.29, 1.82) is 0 Å². The minimum atomic E-state index is -2.19. The van der Waals surface area contributed by atoms with Crippen LogP contribution in [0.4, 0.5) is 0 Å². The second-order valence-corrected chi connectivity index (χ2v) is 6.26. The van der Waals surface area contributed by atoms with Crippen LogP contribution < -0.4 is 5.32 Å². The number of allylic oxidation sites excluding steroid dienone is 3. The van der Waals surface area contributed by atoms with Gasteiger partial charge in [0.2, 0.25) is 0 Å². The predicted molar refractivity (Wildman–Crippen MR) is 71.6 cm³/mol. The van der Waals surface area contributed by atoms with Crippen LogP contribution in [0.1, 0.15) is 25.1 Å². The zero-order valence-electron chi connectivity index (χ0n) is 10.1. The highest BCUT2D eigenvalue weighted by atomic mass is 32.2. The summed E-state index contributed by atoms with van der Waals surface area (Å²) in [5, 5.41) is 12.8. The molecule has 0 bridgehead atoms. The quantitative estimate of drug-likeness (QED) is 0.832. The molecule has 1 aliphatic rings. The van der Waals surface area contributed by atoms with Crippen molar-refractivity contribution in [1.82, 2.24) is 5.32 Å². The lowest BCUT2D eigenvalue weighted by molar-refractivity contribution is 0.180. The molecule has 1 aromatic heterocycles. The molecule has 0 aromatic carbocycles. The van der Waals surface area contributed by atoms with Crippen LogP contribution in [0.2, 0.25) is 0 Å². The molecule has 0 radical (unpaired) electrons. The van der Waals surface area contributed by atoms with Crippen LogP contribution >= 0.6 is 11.3 Å². The predicted octanol–water partition coefficient (Wildman–Crippen LogP) is 1.98. The Morgan fingerprint density at radius 2 is 2.28 bits per heavy atom. The van der Waals surface area contributed by atoms with Crippen molar-refractivity contribution in [2.75, 3.05) is 0 Å². The first-order chi connectivity index (χ1) is 8.52. The van der Waals surface area contributed by atoms with Gasteiger partial charge in [0.25, 0.3) is 0 Å². The molecule has 2 atom stereocenters. The van der Waals surface area contributed by atoms with Crippen molar-refractivity contribution in [3.05, 3.63) is 34.4 Å². The van der Waals surface area contributed by atoms with Crippen LogP contribution in [0, 0.1) is 0 Å². The third-order valence-electron chi connectivity index (χ3n) is 2.86. The topological polar surface area (TPSA) is 72.4 Å². The molecule has 18 heavy (non-hydrogen) atoms. The second-order valence-electron chi connectivity index (χ2n) is 4.01. The smallest absolute Gasteiger partial charge is 0.146 e. The maximum absolute atomic E-state index is 10.9. The van der Waals surface area contributed by atoms with E-state index in [9.17, 15) is 13.9 Å². The third kappa shape index (κ3) is 2.56. The number of thiophene rings is 1. The second kappa shape index (κ2) is 5.36. The van der Waals surface area contributed by atoms with Gasteiger partial charge in [-0.2, -0.15) is 0 Å². The van der Waals surface area contributed by atoms with E-state index in [1.54, 1.807) is 12.1 Å². The van der Waals surface area contributed by atoms with Gasteiger partial charge >= 0.3 is 0 Å². The summed E-state index contributed by atoms with van der Waals surface area (Å²) in [6, 6.07) is 3.38. The zero-order valence-corrected chi connectivity index (χ0v) is 11.7. The molecule has 2 unspecified atom stereocenters. The van der Waals surface area contributed by atoms with Crippen LogP contribution in [0.15, 0.2) is 33.7 Å². The van der Waals surface area contributed by atoms with Crippen molar-refractivity contribution in [3.63, 3.8) is 0 Å². The molecular formula is C12H14NO3S2-. The van der Waals surface area contributed by atoms with Gasteiger partial charge in [-0.3, -0.25) is 4.21 Å². The lowest BCUT2D eigenvalue weighted by Crippen LogP contribution is -2.32. The number of hydrogen-bond acceptors (Lipinski definition) is 5. The number of aliphatic hydroxyl groups excluding tert-OH is 1. The molecule has 0 saturated carbocycles. The van der Waals surface area contributed by atoms with E-state index in [4.69, 9.17) is 0 Å². The van der Waals surface area contributed by atoms with Gasteiger partial charge in [0, 0.05) is 16.1 Å². The molecule has 0 spiro atoms. The van der Waals surface area contributed by atoms with Gasteiger partial charge in [0.15, 0.2) is 0 Å². The maximum atomic E-state index is 10.9. The average molecular weight is 284 g/mol. The van der Waals surface area contributed by atoms with E-state index in [2.05, 4.69) is 5.32 Å². The van der Waals surface area contributed by atoms with Gasteiger partial charge in [0.05, 0.1) is 4.21 Å². The van der Waals surface area contributed by atoms with E-state index in [-0.39, 0.29) is 0 Å². The summed E-state index contributed by atoms with van der Waals surface area (Å²) in [5.41, 5.74) is 2.69. The van der Waals surface area contributed by atoms with Crippen LogP contribution in [0.3, 0.4) is 0 Å². The van der Waals surface area contributed by atoms with Crippen molar-refractivity contribution in [3.8, 4) is 0 Å². The highest BCUT2D eigenvalue weighted by Gasteiger charge is 2.18. The summed E-state index contributed by atoms with van der Waals surface area (Å²) < 4.78 is 22.1. The molecule has 2 N–H and O–H groups in total. The van der Waals surface area contributed by atoms with Crippen molar-refractivity contribution >= 4 is 28.0 Å². The summed E-state index contributed by atoms with van der Waals surface area (Å²) in [6.07, 6.45) is 2.03. The van der Waals surface area contributed by atoms with E-state index in [1.807, 2.05) is 19.9 Å². The van der Waals surface area contributed by atoms with E-state index in [0.717, 1.165) is 28.1 Å². The van der Waals surface area contributed by atoms with E-state index in [0.29, 0.717) is 4.21 Å². The van der Waals surface area contributed by atoms with Gasteiger partial charge < -0.3 is 15.0 Å². The van der Waals surface area contributed by atoms with Crippen molar-refractivity contribution in [2.45, 2.75) is 30.7 Å². The molecule has 1 aromatic rings. The Balaban J connectivity index is 2.39. The molecule has 1 aliphatic heterocycles. The molecule has 0 saturated heterocycles. The number of dihydropyridines is 1. The fourth-order valence-electron chi connectivity index (χ4n) is 1.85. The molecule has 98 valence electrons. The largest absolute Gasteiger partial charge is 0.768 e. The summed E-state index contributed by atoms with van der Waals surface area (Å²) in [5.74, 6) is 0. The van der Waals surface area contributed by atoms with Crippen LogP contribution in [0.5, 0.6) is 0 Å². The van der Waals surface area contributed by atoms with Gasteiger partial charge in [-0.05, 0) is 48.2 Å². The first-order valence-electron chi connectivity index (χ1n) is 5.58. The first kappa shape index (κ1) is 13.5. The normalized spacial score (nSPS) is 21.6. The van der Waals surface area contributed by atoms with Gasteiger partial charge in [-0.1, -0.05) is 6.92 Å². The standard InChI is InChI=1S/C12H15NO3S2/c1-3-8-6-9(7(2)13-12(8)14)10-4-5-11(17-10)18(15)16/h4-6,12-14H,3H2,1-2H3,(H,15,16)/p-1. The Hall–Kier alpha value is -0.950. The fraction of sp³-hybridized carbons (Fsp3) is 0.333. The van der Waals surface area contributed by atoms with Crippen LogP contribution in [0.25, 0.3) is 5.57 Å². The Labute approximate surface area is 112 Å². The Kier molecular flexibility index (Phi) is 4.01. The molecule has 0 aliphatic carbocycles. The first-order valence-corrected chi connectivity index (χ1v) is 7.47. The molecule has 0 fully saturated rings. The summed E-state index contributed by atoms with van der Waals surface area (Å²) in [4.78, 5) is 0.886. The van der Waals surface area contributed by atoms with Gasteiger partial charge in [0.1, 0.15) is 6.23 Å². The van der Waals surface area contributed by atoms with E-state index in [1.165, 1.54) is 11.3 Å². The number of rotatable bonds is 3. The number of aliphatic hydroxyl groups is 1. The number of nitrogens with one attached hydrogen (secondary N) is 1. The molecule has 0 amide bonds. The highest BCUT2D eigenvalue weighted by Crippen LogP contribution is 2.32. The maximum Gasteiger partial charge on any atom is 0.146 e. The molecular weight excluding hydrogens is 270 g/mol. The van der Waals surface area contributed by atoms with Crippen molar-refractivity contribution < 1.29 is 13.9 Å². The van der Waals surface area contributed by atoms with Gasteiger partial charge in [-0.25, -0.2) is 0 Å². The lowest BCUT2D eigenvalue weighted by Gasteiger charge is -2.24. The zero-order chi connectivity index (χ0) is 13.3. The molecule has 4 nitrogen and oxygen atoms in total. The minimum Gasteiger partial charge on any atom is -0.768 e. The van der Waals surface area contributed by atoms with Gasteiger partial charge in [-0.15, -0.1) is 11.3 Å². The Morgan fingerprint density at radius 3 is 2.83 bits per heavy atom. The van der Waals surface area contributed by atoms with Crippen molar-refractivity contribution in [2.24, 2.45) is 0 Å². The average Bonchev–Trinajstić information content (AvgIpc) is 2.78. The minimum absolute atomic E-state index is 0.322. The van der Waals surface area contributed by atoms with Crippen LogP contribution in [-0.2, 0) is 11.1 Å². The van der Waals surface area contributed by atoms with Crippen LogP contribution in [-0.4, -0.2) is 20.1 Å². The molecule has 6 heteroatoms. The molecule has 2 rings (SSSR count). The fourth-order valence-corrected chi connectivity index (χ4v) is 3.39. The Morgan fingerprint density at radius 1 is 1.56 bits per heavy atom. The lowest BCUT2D eigenvalue weighted by atomic mass is 10.0. The summed E-state index contributed by atoms with van der Waals surface area (Å²) in [6.45, 7) is 3.84. The Bertz CT molecular complexity index is 545.